The highest BCUT2D eigenvalue weighted by Gasteiger charge is 2.44. The number of hydrogen-bond donors (Lipinski definition) is 0. The second-order valence-corrected chi connectivity index (χ2v) is 6.36. The van der Waals surface area contributed by atoms with Crippen LogP contribution in [-0.2, 0) is 0 Å². The summed E-state index contributed by atoms with van der Waals surface area (Å²) in [5.41, 5.74) is 2.05. The lowest BCUT2D eigenvalue weighted by atomic mass is 9.82. The summed E-state index contributed by atoms with van der Waals surface area (Å²) in [6.07, 6.45) is 1.23. The number of carbonyl (C=O) groups excluding carboxylic acids is 1. The monoisotopic (exact) mass is 336 g/mol. The Hall–Kier alpha value is -3.15. The maximum atomic E-state index is 13.2. The first-order chi connectivity index (χ1) is 12.3. The van der Waals surface area contributed by atoms with Crippen LogP contribution in [0.1, 0.15) is 21.8 Å². The molecular formula is C19H12O6. The van der Waals surface area contributed by atoms with Crippen LogP contribution < -0.4 is 18.9 Å². The van der Waals surface area contributed by atoms with Crippen LogP contribution in [-0.4, -0.2) is 25.3 Å². The molecule has 0 radical (unpaired) electrons. The normalized spacial score (nSPS) is 22.6. The van der Waals surface area contributed by atoms with E-state index in [2.05, 4.69) is 0 Å². The first kappa shape index (κ1) is 13.2. The van der Waals surface area contributed by atoms with Crippen molar-refractivity contribution in [3.8, 4) is 23.0 Å². The lowest BCUT2D eigenvalue weighted by molar-refractivity contribution is 0.0561. The van der Waals surface area contributed by atoms with E-state index >= 15 is 0 Å². The van der Waals surface area contributed by atoms with Crippen molar-refractivity contribution in [1.29, 1.82) is 0 Å². The van der Waals surface area contributed by atoms with Gasteiger partial charge in [-0.25, -0.2) is 0 Å². The van der Waals surface area contributed by atoms with E-state index in [1.54, 1.807) is 18.4 Å². The largest absolute Gasteiger partial charge is 0.489 e. The highest BCUT2D eigenvalue weighted by atomic mass is 16.7. The van der Waals surface area contributed by atoms with E-state index in [9.17, 15) is 4.79 Å². The average Bonchev–Trinajstić information content (AvgIpc) is 3.26. The molecule has 3 aliphatic rings. The zero-order valence-corrected chi connectivity index (χ0v) is 13.0. The van der Waals surface area contributed by atoms with Gasteiger partial charge in [0.25, 0.3) is 0 Å². The summed E-state index contributed by atoms with van der Waals surface area (Å²) in [6.45, 7) is 0.483. The average molecular weight is 336 g/mol. The van der Waals surface area contributed by atoms with Gasteiger partial charge in [-0.2, -0.15) is 0 Å². The molecule has 6 nitrogen and oxygen atoms in total. The van der Waals surface area contributed by atoms with Crippen molar-refractivity contribution >= 4 is 16.8 Å². The molecule has 0 saturated carbocycles. The van der Waals surface area contributed by atoms with Gasteiger partial charge in [0.05, 0.1) is 17.7 Å². The molecular weight excluding hydrogens is 324 g/mol. The predicted molar refractivity (Wildman–Crippen MR) is 85.8 cm³/mol. The van der Waals surface area contributed by atoms with Crippen molar-refractivity contribution in [3.05, 3.63) is 47.7 Å². The third-order valence-electron chi connectivity index (χ3n) is 5.00. The summed E-state index contributed by atoms with van der Waals surface area (Å²) >= 11 is 0. The highest BCUT2D eigenvalue weighted by molar-refractivity contribution is 6.07. The van der Waals surface area contributed by atoms with Crippen LogP contribution in [0.3, 0.4) is 0 Å². The van der Waals surface area contributed by atoms with Crippen LogP contribution in [0.15, 0.2) is 41.0 Å². The minimum absolute atomic E-state index is 0.0257. The Morgan fingerprint density at radius 3 is 2.72 bits per heavy atom. The maximum Gasteiger partial charge on any atom is 0.231 e. The summed E-state index contributed by atoms with van der Waals surface area (Å²) in [6, 6.07) is 9.06. The van der Waals surface area contributed by atoms with Gasteiger partial charge >= 0.3 is 0 Å². The number of benzene rings is 2. The van der Waals surface area contributed by atoms with Gasteiger partial charge in [0.15, 0.2) is 17.3 Å². The van der Waals surface area contributed by atoms with E-state index < -0.39 is 5.92 Å². The molecule has 1 aromatic heterocycles. The lowest BCUT2D eigenvalue weighted by Crippen LogP contribution is -2.42. The molecule has 124 valence electrons. The molecule has 0 fully saturated rings. The van der Waals surface area contributed by atoms with Crippen LogP contribution in [0, 0.1) is 0 Å². The second kappa shape index (κ2) is 4.47. The fourth-order valence-electron chi connectivity index (χ4n) is 3.80. The molecule has 4 heterocycles. The third kappa shape index (κ3) is 1.71. The fourth-order valence-corrected chi connectivity index (χ4v) is 3.80. The van der Waals surface area contributed by atoms with E-state index in [-0.39, 0.29) is 18.7 Å². The van der Waals surface area contributed by atoms with Gasteiger partial charge in [0, 0.05) is 23.1 Å². The Morgan fingerprint density at radius 2 is 1.80 bits per heavy atom. The van der Waals surface area contributed by atoms with E-state index in [1.165, 1.54) is 0 Å². The van der Waals surface area contributed by atoms with Gasteiger partial charge in [0.2, 0.25) is 6.79 Å². The topological polar surface area (TPSA) is 67.1 Å². The molecule has 3 aromatic rings. The SMILES string of the molecule is O=C1c2cc3ccoc3cc2O[C@H]2COc3cc4c(cc3C12)OCO4. The standard InChI is InChI=1S/C19H12O6/c20-19-11-3-9-1-2-21-12(9)5-14(11)25-17-7-22-13-6-16-15(23-8-24-16)4-10(13)18(17)19/h1-6,17-18H,7-8H2/t17-,18?/m0/s1. The van der Waals surface area contributed by atoms with Gasteiger partial charge in [0.1, 0.15) is 29.8 Å². The number of rotatable bonds is 0. The Kier molecular flexibility index (Phi) is 2.36. The molecule has 2 atom stereocenters. The van der Waals surface area contributed by atoms with Crippen molar-refractivity contribution in [2.75, 3.05) is 13.4 Å². The first-order valence-electron chi connectivity index (χ1n) is 8.06. The fraction of sp³-hybridized carbons (Fsp3) is 0.211. The number of carbonyl (C=O) groups is 1. The van der Waals surface area contributed by atoms with Crippen LogP contribution in [0.25, 0.3) is 11.0 Å². The number of Topliss-reactive ketones (excluding diaryl/α,β-unsaturated/α-hetero) is 1. The molecule has 0 bridgehead atoms. The zero-order valence-electron chi connectivity index (χ0n) is 13.0. The second-order valence-electron chi connectivity index (χ2n) is 6.36. The van der Waals surface area contributed by atoms with Crippen LogP contribution in [0.5, 0.6) is 23.0 Å². The molecule has 1 unspecified atom stereocenters. The van der Waals surface area contributed by atoms with Crippen molar-refractivity contribution in [1.82, 2.24) is 0 Å². The molecule has 25 heavy (non-hydrogen) atoms. The molecule has 2 aromatic carbocycles. The molecule has 0 amide bonds. The Morgan fingerprint density at radius 1 is 0.920 bits per heavy atom. The highest BCUT2D eigenvalue weighted by Crippen LogP contribution is 2.48. The number of ether oxygens (including phenoxy) is 4. The number of ketones is 1. The minimum atomic E-state index is -0.421. The van der Waals surface area contributed by atoms with Gasteiger partial charge in [-0.1, -0.05) is 0 Å². The summed E-state index contributed by atoms with van der Waals surface area (Å²) < 4.78 is 28.2. The first-order valence-corrected chi connectivity index (χ1v) is 8.06. The Balaban J connectivity index is 1.52. The number of hydrogen-bond acceptors (Lipinski definition) is 6. The van der Waals surface area contributed by atoms with E-state index in [4.69, 9.17) is 23.4 Å². The van der Waals surface area contributed by atoms with Crippen molar-refractivity contribution in [2.45, 2.75) is 12.0 Å². The van der Waals surface area contributed by atoms with Crippen molar-refractivity contribution in [2.24, 2.45) is 0 Å². The molecule has 3 aliphatic heterocycles. The summed E-state index contributed by atoms with van der Waals surface area (Å²) in [7, 11) is 0. The summed E-state index contributed by atoms with van der Waals surface area (Å²) in [5.74, 6) is 2.07. The van der Waals surface area contributed by atoms with E-state index in [0.29, 0.717) is 40.8 Å². The lowest BCUT2D eigenvalue weighted by Gasteiger charge is -2.36. The molecule has 0 aliphatic carbocycles. The van der Waals surface area contributed by atoms with Crippen LogP contribution in [0.2, 0.25) is 0 Å². The van der Waals surface area contributed by atoms with Crippen LogP contribution >= 0.6 is 0 Å². The van der Waals surface area contributed by atoms with Crippen LogP contribution in [0.4, 0.5) is 0 Å². The maximum absolute atomic E-state index is 13.2. The Bertz CT molecular complexity index is 1050. The van der Waals surface area contributed by atoms with Gasteiger partial charge in [-0.3, -0.25) is 4.79 Å². The molecule has 6 rings (SSSR count). The van der Waals surface area contributed by atoms with E-state index in [1.807, 2.05) is 18.2 Å². The van der Waals surface area contributed by atoms with Crippen molar-refractivity contribution in [3.63, 3.8) is 0 Å². The number of furan rings is 1. The van der Waals surface area contributed by atoms with Gasteiger partial charge in [-0.05, 0) is 18.2 Å². The zero-order chi connectivity index (χ0) is 16.5. The van der Waals surface area contributed by atoms with Gasteiger partial charge in [-0.15, -0.1) is 0 Å². The predicted octanol–water partition coefficient (Wildman–Crippen LogP) is 3.28. The summed E-state index contributed by atoms with van der Waals surface area (Å²) in [4.78, 5) is 13.2. The quantitative estimate of drug-likeness (QED) is 0.628. The molecule has 0 spiro atoms. The summed E-state index contributed by atoms with van der Waals surface area (Å²) in [5, 5.41) is 0.882. The number of fused-ring (bicyclic) bond motifs is 6. The molecule has 0 N–H and O–H groups in total. The smallest absolute Gasteiger partial charge is 0.231 e. The minimum Gasteiger partial charge on any atom is -0.489 e. The molecule has 0 saturated heterocycles. The van der Waals surface area contributed by atoms with Gasteiger partial charge < -0.3 is 23.4 Å². The van der Waals surface area contributed by atoms with Crippen molar-refractivity contribution < 1.29 is 28.2 Å². The third-order valence-corrected chi connectivity index (χ3v) is 5.00. The van der Waals surface area contributed by atoms with E-state index in [0.717, 1.165) is 10.9 Å². The molecule has 6 heteroatoms. The Labute approximate surface area is 141 Å².